The number of nitrogens with one attached hydrogen (secondary N) is 1. The molecule has 0 aliphatic rings. The van der Waals surface area contributed by atoms with Crippen molar-refractivity contribution in [2.45, 2.75) is 51.5 Å². The summed E-state index contributed by atoms with van der Waals surface area (Å²) in [5.41, 5.74) is 0.348. The van der Waals surface area contributed by atoms with Crippen LogP contribution in [0.25, 0.3) is 0 Å². The molecule has 8 heteroatoms. The normalized spacial score (nSPS) is 12.7. The van der Waals surface area contributed by atoms with Crippen LogP contribution in [0.2, 0.25) is 0 Å². The maximum absolute atomic E-state index is 11.6. The highest BCUT2D eigenvalue weighted by Gasteiger charge is 2.23. The molecule has 0 fully saturated rings. The van der Waals surface area contributed by atoms with Crippen molar-refractivity contribution in [3.63, 3.8) is 0 Å². The Labute approximate surface area is 138 Å². The van der Waals surface area contributed by atoms with Gasteiger partial charge in [-0.3, -0.25) is 0 Å². The van der Waals surface area contributed by atoms with Gasteiger partial charge in [-0.25, -0.2) is 14.6 Å². The number of aryl methyl sites for hydroxylation is 1. The minimum absolute atomic E-state index is 0.337. The summed E-state index contributed by atoms with van der Waals surface area (Å²) in [6.45, 7) is 7.13. The fourth-order valence-corrected chi connectivity index (χ4v) is 3.40. The minimum atomic E-state index is -1.06. The van der Waals surface area contributed by atoms with E-state index >= 15 is 0 Å². The molecule has 1 aromatic rings. The van der Waals surface area contributed by atoms with E-state index < -0.39 is 23.7 Å². The highest BCUT2D eigenvalue weighted by Crippen LogP contribution is 2.17. The number of amides is 1. The third kappa shape index (κ3) is 7.65. The molecule has 0 aliphatic carbocycles. The average molecular weight is 346 g/mol. The highest BCUT2D eigenvalue weighted by atomic mass is 32.2. The number of alkyl carbamates (subject to hydrolysis) is 1. The van der Waals surface area contributed by atoms with Crippen LogP contribution in [-0.2, 0) is 15.3 Å². The molecule has 22 heavy (non-hydrogen) atoms. The average Bonchev–Trinajstić information content (AvgIpc) is 2.76. The SMILES string of the molecule is Cc1csc(CSCCC(NC(=O)OC(C)(C)C)C(=O)O)n1. The Balaban J connectivity index is 2.35. The Morgan fingerprint density at radius 1 is 1.50 bits per heavy atom. The van der Waals surface area contributed by atoms with Crippen LogP contribution in [0.3, 0.4) is 0 Å². The first-order valence-corrected chi connectivity index (χ1v) is 8.92. The molecule has 0 aliphatic heterocycles. The van der Waals surface area contributed by atoms with Crippen LogP contribution < -0.4 is 5.32 Å². The second kappa shape index (κ2) is 8.38. The quantitative estimate of drug-likeness (QED) is 0.738. The van der Waals surface area contributed by atoms with Crippen molar-refractivity contribution in [3.8, 4) is 0 Å². The van der Waals surface area contributed by atoms with Gasteiger partial charge in [-0.2, -0.15) is 11.8 Å². The Bertz CT molecular complexity index is 511. The van der Waals surface area contributed by atoms with Gasteiger partial charge in [0.25, 0.3) is 0 Å². The molecular weight excluding hydrogens is 324 g/mol. The Morgan fingerprint density at radius 3 is 2.68 bits per heavy atom. The molecule has 0 radical (unpaired) electrons. The first kappa shape index (κ1) is 18.8. The van der Waals surface area contributed by atoms with Gasteiger partial charge >= 0.3 is 12.1 Å². The molecule has 1 heterocycles. The molecule has 1 atom stereocenters. The third-order valence-electron chi connectivity index (χ3n) is 2.43. The maximum Gasteiger partial charge on any atom is 0.408 e. The van der Waals surface area contributed by atoms with Gasteiger partial charge in [-0.1, -0.05) is 0 Å². The highest BCUT2D eigenvalue weighted by molar-refractivity contribution is 7.98. The van der Waals surface area contributed by atoms with Gasteiger partial charge in [-0.05, 0) is 39.9 Å². The van der Waals surface area contributed by atoms with E-state index in [0.717, 1.165) is 16.5 Å². The molecule has 0 saturated carbocycles. The second-order valence-electron chi connectivity index (χ2n) is 5.76. The van der Waals surface area contributed by atoms with Gasteiger partial charge in [0.15, 0.2) is 0 Å². The smallest absolute Gasteiger partial charge is 0.408 e. The Kier molecular flexibility index (Phi) is 7.15. The van der Waals surface area contributed by atoms with E-state index in [1.165, 1.54) is 0 Å². The number of thioether (sulfide) groups is 1. The lowest BCUT2D eigenvalue weighted by molar-refractivity contribution is -0.139. The number of rotatable bonds is 7. The standard InChI is InChI=1S/C14H22N2O4S2/c1-9-7-22-11(15-9)8-21-6-5-10(12(17)18)16-13(19)20-14(2,3)4/h7,10H,5-6,8H2,1-4H3,(H,16,19)(H,17,18). The first-order chi connectivity index (χ1) is 10.2. The molecule has 1 amide bonds. The van der Waals surface area contributed by atoms with Crippen LogP contribution in [0.4, 0.5) is 4.79 Å². The van der Waals surface area contributed by atoms with Gasteiger partial charge < -0.3 is 15.2 Å². The van der Waals surface area contributed by atoms with E-state index in [1.54, 1.807) is 43.9 Å². The predicted molar refractivity (Wildman–Crippen MR) is 88.4 cm³/mol. The van der Waals surface area contributed by atoms with Crippen molar-refractivity contribution in [1.82, 2.24) is 10.3 Å². The minimum Gasteiger partial charge on any atom is -0.480 e. The molecule has 0 saturated heterocycles. The van der Waals surface area contributed by atoms with E-state index in [2.05, 4.69) is 10.3 Å². The van der Waals surface area contributed by atoms with Crippen molar-refractivity contribution in [3.05, 3.63) is 16.1 Å². The molecule has 124 valence electrons. The molecule has 6 nitrogen and oxygen atoms in total. The molecule has 1 aromatic heterocycles. The lowest BCUT2D eigenvalue weighted by Crippen LogP contribution is -2.43. The first-order valence-electron chi connectivity index (χ1n) is 6.88. The summed E-state index contributed by atoms with van der Waals surface area (Å²) in [5, 5.41) is 14.5. The Morgan fingerprint density at radius 2 is 2.18 bits per heavy atom. The molecular formula is C14H22N2O4S2. The molecule has 0 spiro atoms. The molecule has 2 N–H and O–H groups in total. The Hall–Kier alpha value is -1.28. The number of aliphatic carboxylic acids is 1. The lowest BCUT2D eigenvalue weighted by atomic mass is 10.2. The van der Waals surface area contributed by atoms with E-state index in [1.807, 2.05) is 12.3 Å². The summed E-state index contributed by atoms with van der Waals surface area (Å²) in [6, 6.07) is -0.944. The van der Waals surface area contributed by atoms with Gasteiger partial charge in [0, 0.05) is 16.8 Å². The lowest BCUT2D eigenvalue weighted by Gasteiger charge is -2.21. The molecule has 1 rings (SSSR count). The fourth-order valence-electron chi connectivity index (χ4n) is 1.54. The van der Waals surface area contributed by atoms with Gasteiger partial charge in [0.05, 0.1) is 0 Å². The van der Waals surface area contributed by atoms with Crippen LogP contribution >= 0.6 is 23.1 Å². The number of thiazole rings is 1. The molecule has 0 bridgehead atoms. The number of nitrogens with zero attached hydrogens (tertiary/aromatic N) is 1. The van der Waals surface area contributed by atoms with Crippen LogP contribution in [0, 0.1) is 6.92 Å². The number of carboxylic acid groups (broad SMARTS) is 1. The van der Waals surface area contributed by atoms with Gasteiger partial charge in [0.1, 0.15) is 16.7 Å². The third-order valence-corrected chi connectivity index (χ3v) is 4.58. The second-order valence-corrected chi connectivity index (χ2v) is 7.81. The van der Waals surface area contributed by atoms with Crippen LogP contribution in [0.15, 0.2) is 5.38 Å². The zero-order chi connectivity index (χ0) is 16.8. The van der Waals surface area contributed by atoms with E-state index in [4.69, 9.17) is 9.84 Å². The van der Waals surface area contributed by atoms with E-state index in [0.29, 0.717) is 12.2 Å². The number of hydrogen-bond acceptors (Lipinski definition) is 6. The molecule has 0 aromatic carbocycles. The van der Waals surface area contributed by atoms with Crippen molar-refractivity contribution in [2.75, 3.05) is 5.75 Å². The van der Waals surface area contributed by atoms with Crippen molar-refractivity contribution in [2.24, 2.45) is 0 Å². The van der Waals surface area contributed by atoms with Crippen molar-refractivity contribution in [1.29, 1.82) is 0 Å². The fraction of sp³-hybridized carbons (Fsp3) is 0.643. The van der Waals surface area contributed by atoms with Crippen molar-refractivity contribution >= 4 is 35.2 Å². The van der Waals surface area contributed by atoms with Crippen LogP contribution in [0.1, 0.15) is 37.9 Å². The van der Waals surface area contributed by atoms with Crippen LogP contribution in [-0.4, -0.2) is 39.5 Å². The monoisotopic (exact) mass is 346 g/mol. The number of carbonyl (C=O) groups is 2. The topological polar surface area (TPSA) is 88.5 Å². The predicted octanol–water partition coefficient (Wildman–Crippen LogP) is 3.05. The summed E-state index contributed by atoms with van der Waals surface area (Å²) in [4.78, 5) is 27.1. The summed E-state index contributed by atoms with van der Waals surface area (Å²) in [7, 11) is 0. The number of carboxylic acids is 1. The summed E-state index contributed by atoms with van der Waals surface area (Å²) < 4.78 is 5.07. The number of aromatic nitrogens is 1. The largest absolute Gasteiger partial charge is 0.480 e. The zero-order valence-electron chi connectivity index (χ0n) is 13.2. The van der Waals surface area contributed by atoms with Crippen molar-refractivity contribution < 1.29 is 19.4 Å². The maximum atomic E-state index is 11.6. The summed E-state index contributed by atoms with van der Waals surface area (Å²) >= 11 is 3.19. The molecule has 1 unspecified atom stereocenters. The zero-order valence-corrected chi connectivity index (χ0v) is 14.8. The van der Waals surface area contributed by atoms with Gasteiger partial charge in [-0.15, -0.1) is 11.3 Å². The number of carbonyl (C=O) groups excluding carboxylic acids is 1. The summed E-state index contributed by atoms with van der Waals surface area (Å²) in [6.07, 6.45) is -0.371. The number of hydrogen-bond donors (Lipinski definition) is 2. The summed E-state index contributed by atoms with van der Waals surface area (Å²) in [5.74, 6) is 0.305. The van der Waals surface area contributed by atoms with Gasteiger partial charge in [0.2, 0.25) is 0 Å². The van der Waals surface area contributed by atoms with E-state index in [-0.39, 0.29) is 0 Å². The van der Waals surface area contributed by atoms with E-state index in [9.17, 15) is 9.59 Å². The van der Waals surface area contributed by atoms with Crippen LogP contribution in [0.5, 0.6) is 0 Å². The number of ether oxygens (including phenoxy) is 1.